The van der Waals surface area contributed by atoms with Crippen molar-refractivity contribution in [3.05, 3.63) is 0 Å². The molecule has 1 heterocycles. The molecule has 2 amide bonds. The van der Waals surface area contributed by atoms with Gasteiger partial charge < -0.3 is 10.2 Å². The van der Waals surface area contributed by atoms with Crippen LogP contribution in [0, 0.1) is 0 Å². The van der Waals surface area contributed by atoms with Crippen LogP contribution in [0.3, 0.4) is 0 Å². The predicted octanol–water partition coefficient (Wildman–Crippen LogP) is 0.867. The van der Waals surface area contributed by atoms with Crippen molar-refractivity contribution < 1.29 is 9.59 Å². The highest BCUT2D eigenvalue weighted by Crippen LogP contribution is 2.09. The summed E-state index contributed by atoms with van der Waals surface area (Å²) < 4.78 is 0. The van der Waals surface area contributed by atoms with Gasteiger partial charge in [-0.1, -0.05) is 20.3 Å². The lowest BCUT2D eigenvalue weighted by Crippen LogP contribution is -2.58. The number of hydrogen-bond donors (Lipinski definition) is 1. The van der Waals surface area contributed by atoms with Gasteiger partial charge in [0.15, 0.2) is 0 Å². The molecule has 4 nitrogen and oxygen atoms in total. The van der Waals surface area contributed by atoms with Crippen molar-refractivity contribution >= 4 is 23.6 Å². The minimum absolute atomic E-state index is 0.0282. The van der Waals surface area contributed by atoms with Crippen molar-refractivity contribution in [1.29, 1.82) is 0 Å². The van der Waals surface area contributed by atoms with Crippen LogP contribution in [-0.2, 0) is 9.59 Å². The molecule has 1 unspecified atom stereocenters. The van der Waals surface area contributed by atoms with Crippen LogP contribution in [0.25, 0.3) is 0 Å². The van der Waals surface area contributed by atoms with Gasteiger partial charge in [0.05, 0.1) is 6.54 Å². The second kappa shape index (κ2) is 6.78. The number of rotatable bonds is 6. The quantitative estimate of drug-likeness (QED) is 0.705. The number of carbonyl (C=O) groups is 2. The van der Waals surface area contributed by atoms with E-state index >= 15 is 0 Å². The SMILES string of the molecule is CCCC1NC(=O)CN(CCSCC)C1=O. The molecule has 1 N–H and O–H groups in total. The van der Waals surface area contributed by atoms with Crippen molar-refractivity contribution in [2.75, 3.05) is 24.6 Å². The van der Waals surface area contributed by atoms with Gasteiger partial charge in [-0.05, 0) is 12.2 Å². The average molecular weight is 244 g/mol. The maximum absolute atomic E-state index is 12.0. The first-order chi connectivity index (χ1) is 7.69. The first-order valence-electron chi connectivity index (χ1n) is 5.85. The topological polar surface area (TPSA) is 49.4 Å². The molecule has 1 aliphatic rings. The van der Waals surface area contributed by atoms with Crippen molar-refractivity contribution in [2.24, 2.45) is 0 Å². The molecule has 5 heteroatoms. The maximum Gasteiger partial charge on any atom is 0.245 e. The van der Waals surface area contributed by atoms with Gasteiger partial charge in [-0.3, -0.25) is 9.59 Å². The van der Waals surface area contributed by atoms with Crippen LogP contribution >= 0.6 is 11.8 Å². The fourth-order valence-corrected chi connectivity index (χ4v) is 2.40. The Balaban J connectivity index is 2.48. The predicted molar refractivity (Wildman–Crippen MR) is 66.4 cm³/mol. The van der Waals surface area contributed by atoms with E-state index in [-0.39, 0.29) is 24.4 Å². The van der Waals surface area contributed by atoms with E-state index in [9.17, 15) is 9.59 Å². The molecule has 0 aromatic heterocycles. The summed E-state index contributed by atoms with van der Waals surface area (Å²) in [6.07, 6.45) is 1.65. The van der Waals surface area contributed by atoms with Crippen molar-refractivity contribution in [2.45, 2.75) is 32.7 Å². The lowest BCUT2D eigenvalue weighted by atomic mass is 10.1. The molecule has 1 rings (SSSR count). The third-order valence-electron chi connectivity index (χ3n) is 2.57. The largest absolute Gasteiger partial charge is 0.343 e. The minimum atomic E-state index is -0.294. The Morgan fingerprint density at radius 1 is 1.44 bits per heavy atom. The molecular weight excluding hydrogens is 224 g/mol. The third kappa shape index (κ3) is 3.70. The third-order valence-corrected chi connectivity index (χ3v) is 3.45. The first-order valence-corrected chi connectivity index (χ1v) is 7.00. The summed E-state index contributed by atoms with van der Waals surface area (Å²) in [7, 11) is 0. The normalized spacial score (nSPS) is 21.1. The number of piperazine rings is 1. The summed E-state index contributed by atoms with van der Waals surface area (Å²) in [6, 6.07) is -0.294. The van der Waals surface area contributed by atoms with Gasteiger partial charge in [0, 0.05) is 12.3 Å². The number of nitrogens with zero attached hydrogens (tertiary/aromatic N) is 1. The highest BCUT2D eigenvalue weighted by Gasteiger charge is 2.31. The summed E-state index contributed by atoms with van der Waals surface area (Å²) in [5.74, 6) is 2.01. The lowest BCUT2D eigenvalue weighted by molar-refractivity contribution is -0.144. The molecule has 0 aromatic carbocycles. The number of hydrogen-bond acceptors (Lipinski definition) is 3. The Hall–Kier alpha value is -0.710. The molecule has 16 heavy (non-hydrogen) atoms. The van der Waals surface area contributed by atoms with Gasteiger partial charge in [-0.2, -0.15) is 11.8 Å². The highest BCUT2D eigenvalue weighted by atomic mass is 32.2. The van der Waals surface area contributed by atoms with E-state index in [0.717, 1.165) is 24.3 Å². The Labute approximate surface area is 101 Å². The fourth-order valence-electron chi connectivity index (χ4n) is 1.77. The molecule has 1 aliphatic heterocycles. The summed E-state index contributed by atoms with van der Waals surface area (Å²) in [4.78, 5) is 25.1. The highest BCUT2D eigenvalue weighted by molar-refractivity contribution is 7.99. The smallest absolute Gasteiger partial charge is 0.245 e. The molecule has 1 fully saturated rings. The molecular formula is C11H20N2O2S. The van der Waals surface area contributed by atoms with Crippen LogP contribution in [0.15, 0.2) is 0 Å². The molecule has 1 saturated heterocycles. The molecule has 1 atom stereocenters. The monoisotopic (exact) mass is 244 g/mol. The Kier molecular flexibility index (Phi) is 5.66. The van der Waals surface area contributed by atoms with Crippen LogP contribution in [-0.4, -0.2) is 47.4 Å². The van der Waals surface area contributed by atoms with Gasteiger partial charge in [0.1, 0.15) is 6.04 Å². The maximum atomic E-state index is 12.0. The number of carbonyl (C=O) groups excluding carboxylic acids is 2. The second-order valence-corrected chi connectivity index (χ2v) is 5.26. The van der Waals surface area contributed by atoms with Crippen LogP contribution < -0.4 is 5.32 Å². The van der Waals surface area contributed by atoms with E-state index < -0.39 is 0 Å². The Morgan fingerprint density at radius 3 is 2.81 bits per heavy atom. The van der Waals surface area contributed by atoms with Gasteiger partial charge in [0.25, 0.3) is 0 Å². The number of amides is 2. The van der Waals surface area contributed by atoms with Gasteiger partial charge in [0.2, 0.25) is 11.8 Å². The minimum Gasteiger partial charge on any atom is -0.343 e. The Bertz CT molecular complexity index is 258. The van der Waals surface area contributed by atoms with E-state index in [1.54, 1.807) is 16.7 Å². The Morgan fingerprint density at radius 2 is 2.19 bits per heavy atom. The van der Waals surface area contributed by atoms with Crippen LogP contribution in [0.4, 0.5) is 0 Å². The average Bonchev–Trinajstić information content (AvgIpc) is 2.25. The molecule has 0 saturated carbocycles. The van der Waals surface area contributed by atoms with E-state index in [1.807, 2.05) is 6.92 Å². The fraction of sp³-hybridized carbons (Fsp3) is 0.818. The van der Waals surface area contributed by atoms with Crippen molar-refractivity contribution in [3.8, 4) is 0 Å². The lowest BCUT2D eigenvalue weighted by Gasteiger charge is -2.32. The molecule has 0 aromatic rings. The van der Waals surface area contributed by atoms with E-state index in [4.69, 9.17) is 0 Å². The van der Waals surface area contributed by atoms with Crippen molar-refractivity contribution in [3.63, 3.8) is 0 Å². The van der Waals surface area contributed by atoms with Crippen LogP contribution in [0.1, 0.15) is 26.7 Å². The van der Waals surface area contributed by atoms with E-state index in [2.05, 4.69) is 12.2 Å². The standard InChI is InChI=1S/C11H20N2O2S/c1-3-5-9-11(15)13(6-7-16-4-2)8-10(14)12-9/h9H,3-8H2,1-2H3,(H,12,14). The summed E-state index contributed by atoms with van der Waals surface area (Å²) in [5.41, 5.74) is 0. The number of nitrogens with one attached hydrogen (secondary N) is 1. The molecule has 0 radical (unpaired) electrons. The summed E-state index contributed by atoms with van der Waals surface area (Å²) >= 11 is 1.79. The molecule has 92 valence electrons. The molecule has 0 bridgehead atoms. The van der Waals surface area contributed by atoms with Crippen LogP contribution in [0.5, 0.6) is 0 Å². The van der Waals surface area contributed by atoms with Crippen molar-refractivity contribution in [1.82, 2.24) is 10.2 Å². The van der Waals surface area contributed by atoms with Crippen LogP contribution in [0.2, 0.25) is 0 Å². The summed E-state index contributed by atoms with van der Waals surface area (Å²) in [5, 5.41) is 2.75. The van der Waals surface area contributed by atoms with Gasteiger partial charge >= 0.3 is 0 Å². The molecule has 0 spiro atoms. The molecule has 0 aliphatic carbocycles. The van der Waals surface area contributed by atoms with Gasteiger partial charge in [-0.15, -0.1) is 0 Å². The zero-order valence-corrected chi connectivity index (χ0v) is 10.8. The first kappa shape index (κ1) is 13.4. The summed E-state index contributed by atoms with van der Waals surface area (Å²) in [6.45, 7) is 5.02. The van der Waals surface area contributed by atoms with E-state index in [0.29, 0.717) is 6.54 Å². The zero-order valence-electron chi connectivity index (χ0n) is 9.99. The second-order valence-electron chi connectivity index (χ2n) is 3.87. The zero-order chi connectivity index (χ0) is 12.0. The van der Waals surface area contributed by atoms with E-state index in [1.165, 1.54) is 0 Å². The number of thioether (sulfide) groups is 1. The van der Waals surface area contributed by atoms with Gasteiger partial charge in [-0.25, -0.2) is 0 Å².